The van der Waals surface area contributed by atoms with Gasteiger partial charge in [-0.05, 0) is 25.0 Å². The molecule has 1 aromatic rings. The van der Waals surface area contributed by atoms with E-state index in [-0.39, 0.29) is 6.04 Å². The number of nitrogens with two attached hydrogens (primary N) is 1. The van der Waals surface area contributed by atoms with Crippen LogP contribution in [0, 0.1) is 6.92 Å². The Labute approximate surface area is 84.1 Å². The van der Waals surface area contributed by atoms with Gasteiger partial charge in [0.1, 0.15) is 5.15 Å². The van der Waals surface area contributed by atoms with Crippen molar-refractivity contribution in [2.75, 3.05) is 0 Å². The largest absolute Gasteiger partial charge is 0.324 e. The SMILES string of the molecule is CCCC(N)c1cc(C)cnc1Cl. The van der Waals surface area contributed by atoms with Gasteiger partial charge in [-0.2, -0.15) is 0 Å². The summed E-state index contributed by atoms with van der Waals surface area (Å²) >= 11 is 5.94. The van der Waals surface area contributed by atoms with Gasteiger partial charge in [0.2, 0.25) is 0 Å². The third-order valence-electron chi connectivity index (χ3n) is 2.00. The summed E-state index contributed by atoms with van der Waals surface area (Å²) in [4.78, 5) is 4.07. The van der Waals surface area contributed by atoms with Crippen molar-refractivity contribution in [2.24, 2.45) is 5.73 Å². The van der Waals surface area contributed by atoms with Gasteiger partial charge in [-0.25, -0.2) is 4.98 Å². The van der Waals surface area contributed by atoms with Crippen LogP contribution in [0.15, 0.2) is 12.3 Å². The minimum atomic E-state index is 0.0184. The number of pyridine rings is 1. The van der Waals surface area contributed by atoms with E-state index in [1.165, 1.54) is 0 Å². The standard InChI is InChI=1S/C10H15ClN2/c1-3-4-9(12)8-5-7(2)6-13-10(8)11/h5-6,9H,3-4,12H2,1-2H3. The molecule has 0 aliphatic heterocycles. The van der Waals surface area contributed by atoms with Gasteiger partial charge >= 0.3 is 0 Å². The fraction of sp³-hybridized carbons (Fsp3) is 0.500. The Morgan fingerprint density at radius 1 is 1.62 bits per heavy atom. The van der Waals surface area contributed by atoms with E-state index >= 15 is 0 Å². The maximum Gasteiger partial charge on any atom is 0.133 e. The molecule has 0 aliphatic carbocycles. The highest BCUT2D eigenvalue weighted by molar-refractivity contribution is 6.30. The zero-order valence-electron chi connectivity index (χ0n) is 8.05. The van der Waals surface area contributed by atoms with E-state index in [2.05, 4.69) is 11.9 Å². The van der Waals surface area contributed by atoms with E-state index in [0.717, 1.165) is 24.0 Å². The summed E-state index contributed by atoms with van der Waals surface area (Å²) in [6.45, 7) is 4.10. The van der Waals surface area contributed by atoms with Crippen LogP contribution in [-0.4, -0.2) is 4.98 Å². The Hall–Kier alpha value is -0.600. The maximum atomic E-state index is 5.95. The molecule has 13 heavy (non-hydrogen) atoms. The minimum Gasteiger partial charge on any atom is -0.324 e. The number of hydrogen-bond donors (Lipinski definition) is 1. The molecule has 3 heteroatoms. The molecular weight excluding hydrogens is 184 g/mol. The Kier molecular flexibility index (Phi) is 3.70. The molecule has 0 saturated carbocycles. The van der Waals surface area contributed by atoms with E-state index in [4.69, 9.17) is 17.3 Å². The third kappa shape index (κ3) is 2.68. The first-order chi connectivity index (χ1) is 6.15. The Bertz CT molecular complexity index is 286. The van der Waals surface area contributed by atoms with E-state index in [9.17, 15) is 0 Å². The first-order valence-electron chi connectivity index (χ1n) is 4.52. The van der Waals surface area contributed by atoms with Crippen molar-refractivity contribution in [1.29, 1.82) is 0 Å². The fourth-order valence-corrected chi connectivity index (χ4v) is 1.55. The Morgan fingerprint density at radius 2 is 2.31 bits per heavy atom. The first kappa shape index (κ1) is 10.5. The molecular formula is C10H15ClN2. The van der Waals surface area contributed by atoms with Crippen LogP contribution in [0.4, 0.5) is 0 Å². The molecule has 2 N–H and O–H groups in total. The lowest BCUT2D eigenvalue weighted by molar-refractivity contribution is 0.636. The molecule has 0 aliphatic rings. The lowest BCUT2D eigenvalue weighted by Crippen LogP contribution is -2.11. The smallest absolute Gasteiger partial charge is 0.133 e. The average molecular weight is 199 g/mol. The predicted molar refractivity (Wildman–Crippen MR) is 55.8 cm³/mol. The second-order valence-corrected chi connectivity index (χ2v) is 3.65. The van der Waals surface area contributed by atoms with Crippen molar-refractivity contribution in [3.63, 3.8) is 0 Å². The maximum absolute atomic E-state index is 5.95. The van der Waals surface area contributed by atoms with Crippen LogP contribution in [-0.2, 0) is 0 Å². The van der Waals surface area contributed by atoms with Crippen molar-refractivity contribution < 1.29 is 0 Å². The molecule has 0 aromatic carbocycles. The lowest BCUT2D eigenvalue weighted by atomic mass is 10.0. The molecule has 0 bridgehead atoms. The summed E-state index contributed by atoms with van der Waals surface area (Å²) in [5.41, 5.74) is 8.02. The molecule has 0 saturated heterocycles. The highest BCUT2D eigenvalue weighted by atomic mass is 35.5. The van der Waals surface area contributed by atoms with Gasteiger partial charge in [-0.1, -0.05) is 24.9 Å². The zero-order valence-corrected chi connectivity index (χ0v) is 8.80. The van der Waals surface area contributed by atoms with Gasteiger partial charge in [0.15, 0.2) is 0 Å². The first-order valence-corrected chi connectivity index (χ1v) is 4.90. The number of rotatable bonds is 3. The normalized spacial score (nSPS) is 12.9. The lowest BCUT2D eigenvalue weighted by Gasteiger charge is -2.12. The number of aromatic nitrogens is 1. The third-order valence-corrected chi connectivity index (χ3v) is 2.32. The Morgan fingerprint density at radius 3 is 2.92 bits per heavy atom. The molecule has 0 radical (unpaired) electrons. The average Bonchev–Trinajstić information content (AvgIpc) is 2.09. The molecule has 1 aromatic heterocycles. The van der Waals surface area contributed by atoms with Crippen LogP contribution in [0.3, 0.4) is 0 Å². The summed E-state index contributed by atoms with van der Waals surface area (Å²) < 4.78 is 0. The van der Waals surface area contributed by atoms with Crippen LogP contribution < -0.4 is 5.73 Å². The van der Waals surface area contributed by atoms with Crippen LogP contribution in [0.2, 0.25) is 5.15 Å². The van der Waals surface area contributed by atoms with Gasteiger partial charge in [0, 0.05) is 17.8 Å². The molecule has 1 rings (SSSR count). The van der Waals surface area contributed by atoms with Crippen LogP contribution in [0.5, 0.6) is 0 Å². The highest BCUT2D eigenvalue weighted by Crippen LogP contribution is 2.23. The fourth-order valence-electron chi connectivity index (χ4n) is 1.30. The molecule has 1 heterocycles. The van der Waals surface area contributed by atoms with Crippen molar-refractivity contribution in [1.82, 2.24) is 4.98 Å². The monoisotopic (exact) mass is 198 g/mol. The van der Waals surface area contributed by atoms with E-state index < -0.39 is 0 Å². The number of nitrogens with zero attached hydrogens (tertiary/aromatic N) is 1. The van der Waals surface area contributed by atoms with Gasteiger partial charge < -0.3 is 5.73 Å². The number of aryl methyl sites for hydroxylation is 1. The predicted octanol–water partition coefficient (Wildman–Crippen LogP) is 2.84. The Balaban J connectivity index is 2.91. The van der Waals surface area contributed by atoms with Crippen molar-refractivity contribution >= 4 is 11.6 Å². The second-order valence-electron chi connectivity index (χ2n) is 3.29. The van der Waals surface area contributed by atoms with Crippen LogP contribution in [0.25, 0.3) is 0 Å². The quantitative estimate of drug-likeness (QED) is 0.759. The minimum absolute atomic E-state index is 0.0184. The van der Waals surface area contributed by atoms with Crippen LogP contribution >= 0.6 is 11.6 Å². The summed E-state index contributed by atoms with van der Waals surface area (Å²) in [6.07, 6.45) is 3.76. The van der Waals surface area contributed by atoms with Gasteiger partial charge in [-0.3, -0.25) is 0 Å². The summed E-state index contributed by atoms with van der Waals surface area (Å²) in [5.74, 6) is 0. The van der Waals surface area contributed by atoms with E-state index in [1.807, 2.05) is 13.0 Å². The molecule has 2 nitrogen and oxygen atoms in total. The van der Waals surface area contributed by atoms with Gasteiger partial charge in [-0.15, -0.1) is 0 Å². The topological polar surface area (TPSA) is 38.9 Å². The van der Waals surface area contributed by atoms with Crippen molar-refractivity contribution in [2.45, 2.75) is 32.7 Å². The van der Waals surface area contributed by atoms with Crippen molar-refractivity contribution in [3.05, 3.63) is 28.5 Å². The van der Waals surface area contributed by atoms with Crippen molar-refractivity contribution in [3.8, 4) is 0 Å². The zero-order chi connectivity index (χ0) is 9.84. The summed E-state index contributed by atoms with van der Waals surface area (Å²) in [5, 5.41) is 0.534. The molecule has 1 atom stereocenters. The number of halogens is 1. The summed E-state index contributed by atoms with van der Waals surface area (Å²) in [6, 6.07) is 2.03. The molecule has 0 spiro atoms. The molecule has 0 fully saturated rings. The van der Waals surface area contributed by atoms with E-state index in [1.54, 1.807) is 6.20 Å². The van der Waals surface area contributed by atoms with E-state index in [0.29, 0.717) is 5.15 Å². The van der Waals surface area contributed by atoms with Gasteiger partial charge in [0.25, 0.3) is 0 Å². The summed E-state index contributed by atoms with van der Waals surface area (Å²) in [7, 11) is 0. The highest BCUT2D eigenvalue weighted by Gasteiger charge is 2.09. The molecule has 72 valence electrons. The number of hydrogen-bond acceptors (Lipinski definition) is 2. The second kappa shape index (κ2) is 4.58. The molecule has 0 amide bonds. The van der Waals surface area contributed by atoms with Gasteiger partial charge in [0.05, 0.1) is 0 Å². The van der Waals surface area contributed by atoms with Crippen LogP contribution in [0.1, 0.15) is 36.9 Å². The molecule has 1 unspecified atom stereocenters.